The van der Waals surface area contributed by atoms with Crippen molar-refractivity contribution in [3.63, 3.8) is 0 Å². The maximum Gasteiger partial charge on any atom is 0.210 e. The molecule has 3 nitrogen and oxygen atoms in total. The molecular weight excluding hydrogens is 524 g/mol. The minimum Gasteiger partial charge on any atom is -0.396 e. The average molecular weight is 568 g/mol. The number of allylic oxidation sites excluding steroid dienone is 8. The van der Waals surface area contributed by atoms with Gasteiger partial charge in [0.25, 0.3) is 0 Å². The Morgan fingerprint density at radius 3 is 2.05 bits per heavy atom. The van der Waals surface area contributed by atoms with Crippen LogP contribution in [0.2, 0.25) is 0 Å². The van der Waals surface area contributed by atoms with Gasteiger partial charge in [-0.15, -0.1) is 0 Å². The second-order valence-corrected chi connectivity index (χ2v) is 12.7. The lowest BCUT2D eigenvalue weighted by Crippen LogP contribution is -2.28. The number of rotatable bonds is 8. The molecule has 3 heteroatoms. The van der Waals surface area contributed by atoms with Crippen molar-refractivity contribution in [2.45, 2.75) is 51.9 Å². The first-order chi connectivity index (χ1) is 20.8. The fourth-order valence-corrected chi connectivity index (χ4v) is 7.37. The molecule has 2 aliphatic heterocycles. The third kappa shape index (κ3) is 4.86. The topological polar surface area (TPSA) is 26.5 Å². The van der Waals surface area contributed by atoms with Crippen LogP contribution < -0.4 is 4.90 Å². The number of nitrogens with zero attached hydrogens (tertiary/aromatic N) is 2. The second kappa shape index (κ2) is 11.5. The van der Waals surface area contributed by atoms with E-state index in [4.69, 9.17) is 0 Å². The van der Waals surface area contributed by atoms with Crippen molar-refractivity contribution >= 4 is 38.6 Å². The number of hydrogen-bond acceptors (Lipinski definition) is 2. The Bertz CT molecular complexity index is 1850. The summed E-state index contributed by atoms with van der Waals surface area (Å²) in [5, 5.41) is 14.8. The predicted octanol–water partition coefficient (Wildman–Crippen LogP) is 9.12. The van der Waals surface area contributed by atoms with Gasteiger partial charge in [0.2, 0.25) is 5.69 Å². The molecule has 2 aliphatic rings. The van der Waals surface area contributed by atoms with Crippen molar-refractivity contribution in [1.82, 2.24) is 0 Å². The van der Waals surface area contributed by atoms with Crippen LogP contribution in [0.4, 0.5) is 11.4 Å². The van der Waals surface area contributed by atoms with Crippen LogP contribution >= 0.6 is 0 Å². The van der Waals surface area contributed by atoms with E-state index in [9.17, 15) is 5.11 Å². The van der Waals surface area contributed by atoms with Gasteiger partial charge < -0.3 is 10.0 Å². The predicted molar refractivity (Wildman–Crippen MR) is 184 cm³/mol. The highest BCUT2D eigenvalue weighted by molar-refractivity contribution is 6.07. The molecule has 0 aliphatic carbocycles. The van der Waals surface area contributed by atoms with Crippen LogP contribution in [-0.2, 0) is 10.8 Å². The third-order valence-electron chi connectivity index (χ3n) is 9.32. The summed E-state index contributed by atoms with van der Waals surface area (Å²) in [5.74, 6) is 0. The van der Waals surface area contributed by atoms with Crippen LogP contribution in [0.15, 0.2) is 121 Å². The van der Waals surface area contributed by atoms with Crippen LogP contribution in [0.25, 0.3) is 21.5 Å². The van der Waals surface area contributed by atoms with Gasteiger partial charge in [-0.2, -0.15) is 4.58 Å². The standard InChI is InChI=1S/C40H43N2O/c1-6-41-33-25-23-29-17-12-14-19-31(29)37(33)39(2,3)35(41)21-10-8-7-9-11-22-36-40(4,5)38-32-20-15-13-18-30(32)24-26-34(38)42(36)27-16-28-43/h7-15,17-26,43H,6,16,27-28H2,1-5H3/q+1. The number of anilines is 1. The molecule has 0 radical (unpaired) electrons. The van der Waals surface area contributed by atoms with Crippen LogP contribution in [0.1, 0.15) is 52.2 Å². The quantitative estimate of drug-likeness (QED) is 0.170. The highest BCUT2D eigenvalue weighted by atomic mass is 16.3. The summed E-state index contributed by atoms with van der Waals surface area (Å²) in [6.07, 6.45) is 15.9. The molecule has 0 saturated heterocycles. The number of aliphatic hydroxyl groups is 1. The van der Waals surface area contributed by atoms with E-state index in [0.29, 0.717) is 0 Å². The molecule has 0 atom stereocenters. The Morgan fingerprint density at radius 2 is 1.35 bits per heavy atom. The van der Waals surface area contributed by atoms with Gasteiger partial charge in [-0.3, -0.25) is 0 Å². The van der Waals surface area contributed by atoms with Crippen molar-refractivity contribution < 1.29 is 9.68 Å². The van der Waals surface area contributed by atoms with Crippen molar-refractivity contribution in [2.75, 3.05) is 24.6 Å². The van der Waals surface area contributed by atoms with Gasteiger partial charge >= 0.3 is 0 Å². The van der Waals surface area contributed by atoms with Gasteiger partial charge in [0.1, 0.15) is 0 Å². The summed E-state index contributed by atoms with van der Waals surface area (Å²) in [6.45, 7) is 13.5. The molecule has 0 spiro atoms. The van der Waals surface area contributed by atoms with Crippen molar-refractivity contribution in [2.24, 2.45) is 0 Å². The van der Waals surface area contributed by atoms with Crippen LogP contribution in [0.3, 0.4) is 0 Å². The number of aliphatic hydroxyl groups excluding tert-OH is 1. The van der Waals surface area contributed by atoms with E-state index in [2.05, 4.69) is 159 Å². The molecule has 4 aromatic rings. The molecule has 6 rings (SSSR count). The van der Waals surface area contributed by atoms with Crippen molar-refractivity contribution in [1.29, 1.82) is 0 Å². The van der Waals surface area contributed by atoms with E-state index in [1.807, 2.05) is 0 Å². The van der Waals surface area contributed by atoms with Crippen molar-refractivity contribution in [3.8, 4) is 0 Å². The highest BCUT2D eigenvalue weighted by Crippen LogP contribution is 2.50. The average Bonchev–Trinajstić information content (AvgIpc) is 3.37. The van der Waals surface area contributed by atoms with Gasteiger partial charge in [0.05, 0.1) is 5.41 Å². The molecule has 0 bridgehead atoms. The normalized spacial score (nSPS) is 18.4. The Labute approximate surface area is 256 Å². The Kier molecular flexibility index (Phi) is 7.70. The van der Waals surface area contributed by atoms with E-state index in [1.54, 1.807) is 0 Å². The zero-order valence-electron chi connectivity index (χ0n) is 26.1. The number of fused-ring (bicyclic) bond motifs is 6. The summed E-state index contributed by atoms with van der Waals surface area (Å²) >= 11 is 0. The molecule has 0 unspecified atom stereocenters. The van der Waals surface area contributed by atoms with Gasteiger partial charge in [0.15, 0.2) is 12.3 Å². The van der Waals surface area contributed by atoms with E-state index in [1.165, 1.54) is 55.5 Å². The van der Waals surface area contributed by atoms with E-state index in [0.717, 1.165) is 19.5 Å². The van der Waals surface area contributed by atoms with Gasteiger partial charge in [-0.25, -0.2) is 0 Å². The summed E-state index contributed by atoms with van der Waals surface area (Å²) in [6, 6.07) is 26.4. The SMILES string of the molecule is CCN1/C(=C/C=C/C=C/C=C/C2=[N+](CCCO)c3ccc4ccccc4c3C2(C)C)C(C)(C)c2c1ccc1ccccc21. The monoisotopic (exact) mass is 567 g/mol. The zero-order chi connectivity index (χ0) is 30.2. The van der Waals surface area contributed by atoms with E-state index < -0.39 is 0 Å². The van der Waals surface area contributed by atoms with Crippen LogP contribution in [0, 0.1) is 0 Å². The van der Waals surface area contributed by atoms with E-state index in [-0.39, 0.29) is 17.4 Å². The maximum atomic E-state index is 9.62. The lowest BCUT2D eigenvalue weighted by molar-refractivity contribution is -0.438. The first kappa shape index (κ1) is 28.9. The van der Waals surface area contributed by atoms with Gasteiger partial charge in [-0.05, 0) is 66.1 Å². The van der Waals surface area contributed by atoms with Gasteiger partial charge in [-0.1, -0.05) is 98.8 Å². The molecule has 0 saturated carbocycles. The third-order valence-corrected chi connectivity index (χ3v) is 9.32. The zero-order valence-corrected chi connectivity index (χ0v) is 26.1. The first-order valence-corrected chi connectivity index (χ1v) is 15.6. The minimum absolute atomic E-state index is 0.0813. The summed E-state index contributed by atoms with van der Waals surface area (Å²) in [5.41, 5.74) is 7.72. The van der Waals surface area contributed by atoms with Crippen LogP contribution in [0.5, 0.6) is 0 Å². The van der Waals surface area contributed by atoms with Crippen molar-refractivity contribution in [3.05, 3.63) is 132 Å². The Morgan fingerprint density at radius 1 is 0.721 bits per heavy atom. The lowest BCUT2D eigenvalue weighted by atomic mass is 9.79. The largest absolute Gasteiger partial charge is 0.396 e. The fraction of sp³-hybridized carbons (Fsp3) is 0.275. The molecule has 4 aromatic carbocycles. The minimum atomic E-state index is -0.146. The maximum absolute atomic E-state index is 9.62. The van der Waals surface area contributed by atoms with Gasteiger partial charge in [0, 0.05) is 54.1 Å². The highest BCUT2D eigenvalue weighted by Gasteiger charge is 2.45. The number of benzene rings is 4. The molecule has 0 aromatic heterocycles. The van der Waals surface area contributed by atoms with E-state index >= 15 is 0 Å². The molecule has 43 heavy (non-hydrogen) atoms. The molecule has 2 heterocycles. The van der Waals surface area contributed by atoms with Crippen LogP contribution in [-0.4, -0.2) is 35.1 Å². The molecular formula is C40H43N2O+. The molecule has 218 valence electrons. The summed E-state index contributed by atoms with van der Waals surface area (Å²) in [4.78, 5) is 2.46. The first-order valence-electron chi connectivity index (χ1n) is 15.6. The molecule has 0 fully saturated rings. The fourth-order valence-electron chi connectivity index (χ4n) is 7.37. The molecule has 0 amide bonds. The Hall–Kier alpha value is -4.21. The second-order valence-electron chi connectivity index (χ2n) is 12.7. The molecule has 1 N–H and O–H groups in total. The summed E-state index contributed by atoms with van der Waals surface area (Å²) in [7, 11) is 0. The lowest BCUT2D eigenvalue weighted by Gasteiger charge is -2.26. The Balaban J connectivity index is 1.25. The number of likely N-dealkylation sites (N-methyl/N-ethyl adjacent to an activating group) is 1. The summed E-state index contributed by atoms with van der Waals surface area (Å²) < 4.78 is 2.39. The smallest absolute Gasteiger partial charge is 0.210 e. The number of hydrogen-bond donors (Lipinski definition) is 1.